The van der Waals surface area contributed by atoms with E-state index in [1.807, 2.05) is 10.9 Å². The topological polar surface area (TPSA) is 96.3 Å². The molecule has 8 heteroatoms. The highest BCUT2D eigenvalue weighted by atomic mass is 16.2. The van der Waals surface area contributed by atoms with Crippen molar-refractivity contribution in [2.75, 3.05) is 13.1 Å². The van der Waals surface area contributed by atoms with Gasteiger partial charge in [-0.1, -0.05) is 32.9 Å². The average molecular weight is 409 g/mol. The summed E-state index contributed by atoms with van der Waals surface area (Å²) >= 11 is 0. The van der Waals surface area contributed by atoms with Crippen molar-refractivity contribution in [3.05, 3.63) is 47.3 Å². The van der Waals surface area contributed by atoms with E-state index in [0.717, 1.165) is 41.1 Å². The first-order valence-electron chi connectivity index (χ1n) is 10.3. The third-order valence-corrected chi connectivity index (χ3v) is 5.73. The Hall–Kier alpha value is -3.16. The molecule has 30 heavy (non-hydrogen) atoms. The van der Waals surface area contributed by atoms with Gasteiger partial charge in [-0.3, -0.25) is 14.5 Å². The Morgan fingerprint density at radius 3 is 2.60 bits per heavy atom. The third kappa shape index (κ3) is 3.81. The molecular weight excluding hydrogens is 382 g/mol. The Balaban J connectivity index is 1.50. The molecule has 0 bridgehead atoms. The fourth-order valence-corrected chi connectivity index (χ4v) is 4.03. The molecule has 1 saturated heterocycles. The summed E-state index contributed by atoms with van der Waals surface area (Å²) in [6, 6.07) is 7.71. The van der Waals surface area contributed by atoms with Gasteiger partial charge in [0.25, 0.3) is 5.91 Å². The molecule has 2 aliphatic rings. The summed E-state index contributed by atoms with van der Waals surface area (Å²) in [4.78, 5) is 36.8. The van der Waals surface area contributed by atoms with Crippen LogP contribution in [0.2, 0.25) is 0 Å². The van der Waals surface area contributed by atoms with Gasteiger partial charge in [0.2, 0.25) is 5.91 Å². The number of carbonyl (C=O) groups excluding carboxylic acids is 3. The molecule has 0 saturated carbocycles. The van der Waals surface area contributed by atoms with E-state index in [1.54, 1.807) is 0 Å². The maximum atomic E-state index is 12.5. The summed E-state index contributed by atoms with van der Waals surface area (Å²) in [5.41, 5.74) is 4.43. The van der Waals surface area contributed by atoms with Gasteiger partial charge in [0, 0.05) is 11.3 Å². The second-order valence-corrected chi connectivity index (χ2v) is 8.91. The lowest BCUT2D eigenvalue weighted by Gasteiger charge is -2.25. The number of hydrogen-bond acceptors (Lipinski definition) is 4. The number of rotatable bonds is 4. The maximum Gasteiger partial charge on any atom is 0.325 e. The number of nitrogens with zero attached hydrogens (tertiary/aromatic N) is 3. The van der Waals surface area contributed by atoms with E-state index in [2.05, 4.69) is 60.8 Å². The molecule has 0 spiro atoms. The first-order chi connectivity index (χ1) is 14.2. The van der Waals surface area contributed by atoms with Crippen molar-refractivity contribution >= 4 is 17.8 Å². The molecule has 8 nitrogen and oxygen atoms in total. The quantitative estimate of drug-likeness (QED) is 0.757. The molecule has 2 aromatic rings. The minimum Gasteiger partial charge on any atom is -0.348 e. The van der Waals surface area contributed by atoms with Crippen LogP contribution < -0.4 is 10.6 Å². The number of carbonyl (C=O) groups is 3. The molecule has 1 aromatic carbocycles. The second kappa shape index (κ2) is 7.59. The van der Waals surface area contributed by atoms with Gasteiger partial charge in [0.05, 0.1) is 24.5 Å². The van der Waals surface area contributed by atoms with Gasteiger partial charge in [-0.2, -0.15) is 5.10 Å². The molecule has 1 aliphatic heterocycles. The minimum absolute atomic E-state index is 0.0551. The lowest BCUT2D eigenvalue weighted by atomic mass is 9.87. The predicted octanol–water partition coefficient (Wildman–Crippen LogP) is 2.22. The summed E-state index contributed by atoms with van der Waals surface area (Å²) in [6.07, 6.45) is 4.42. The Morgan fingerprint density at radius 2 is 1.97 bits per heavy atom. The van der Waals surface area contributed by atoms with Crippen LogP contribution in [0.1, 0.15) is 56.5 Å². The number of aromatic nitrogens is 2. The van der Waals surface area contributed by atoms with Crippen LogP contribution in [0.15, 0.2) is 30.5 Å². The number of hydrogen-bond donors (Lipinski definition) is 2. The molecule has 1 aromatic heterocycles. The Labute approximate surface area is 175 Å². The van der Waals surface area contributed by atoms with Crippen molar-refractivity contribution in [3.63, 3.8) is 0 Å². The number of amides is 4. The molecule has 4 rings (SSSR count). The smallest absolute Gasteiger partial charge is 0.325 e. The van der Waals surface area contributed by atoms with Crippen LogP contribution in [0.4, 0.5) is 4.79 Å². The third-order valence-electron chi connectivity index (χ3n) is 5.73. The van der Waals surface area contributed by atoms with Crippen LogP contribution in [-0.4, -0.2) is 45.6 Å². The van der Waals surface area contributed by atoms with Gasteiger partial charge in [-0.15, -0.1) is 0 Å². The van der Waals surface area contributed by atoms with Gasteiger partial charge < -0.3 is 10.6 Å². The first kappa shape index (κ1) is 20.1. The number of fused-ring (bicyclic) bond motifs is 1. The number of nitrogens with one attached hydrogen (secondary N) is 2. The van der Waals surface area contributed by atoms with E-state index >= 15 is 0 Å². The fourth-order valence-electron chi connectivity index (χ4n) is 4.03. The molecule has 0 radical (unpaired) electrons. The van der Waals surface area contributed by atoms with Crippen LogP contribution in [0.25, 0.3) is 5.69 Å². The zero-order chi connectivity index (χ0) is 21.5. The summed E-state index contributed by atoms with van der Waals surface area (Å²) in [5.74, 6) is -0.730. The molecule has 1 aliphatic carbocycles. The number of imide groups is 1. The van der Waals surface area contributed by atoms with Crippen molar-refractivity contribution in [1.82, 2.24) is 25.3 Å². The molecule has 158 valence electrons. The molecule has 4 amide bonds. The standard InChI is InChI=1S/C22H27N5O3/c1-22(2,3)14-7-9-15(10-8-14)27-18-6-4-5-17(16(18)11-24-27)25-19(28)13-26-20(29)12-23-21(26)30/h7-11,17H,4-6,12-13H2,1-3H3,(H,23,30)(H,25,28)/t17-/m1/s1. The maximum absolute atomic E-state index is 12.5. The van der Waals surface area contributed by atoms with Crippen LogP contribution in [-0.2, 0) is 21.4 Å². The van der Waals surface area contributed by atoms with E-state index < -0.39 is 6.03 Å². The summed E-state index contributed by atoms with van der Waals surface area (Å²) < 4.78 is 1.94. The Kier molecular flexibility index (Phi) is 5.09. The zero-order valence-corrected chi connectivity index (χ0v) is 17.6. The van der Waals surface area contributed by atoms with Gasteiger partial charge in [-0.05, 0) is 42.4 Å². The van der Waals surface area contributed by atoms with Gasteiger partial charge in [-0.25, -0.2) is 9.48 Å². The summed E-state index contributed by atoms with van der Waals surface area (Å²) in [7, 11) is 0. The molecule has 1 fully saturated rings. The van der Waals surface area contributed by atoms with E-state index in [9.17, 15) is 14.4 Å². The van der Waals surface area contributed by atoms with Crippen molar-refractivity contribution in [2.45, 2.75) is 51.5 Å². The number of urea groups is 1. The van der Waals surface area contributed by atoms with E-state index in [0.29, 0.717) is 0 Å². The molecule has 0 unspecified atom stereocenters. The van der Waals surface area contributed by atoms with Gasteiger partial charge in [0.15, 0.2) is 0 Å². The van der Waals surface area contributed by atoms with Crippen molar-refractivity contribution in [2.24, 2.45) is 0 Å². The fraction of sp³-hybridized carbons (Fsp3) is 0.455. The Morgan fingerprint density at radius 1 is 1.23 bits per heavy atom. The molecule has 2 N–H and O–H groups in total. The van der Waals surface area contributed by atoms with Crippen molar-refractivity contribution in [1.29, 1.82) is 0 Å². The number of benzene rings is 1. The van der Waals surface area contributed by atoms with E-state index in [4.69, 9.17) is 0 Å². The SMILES string of the molecule is CC(C)(C)c1ccc(-n2ncc3c2CCC[C@H]3NC(=O)CN2C(=O)CNC2=O)cc1. The monoisotopic (exact) mass is 409 g/mol. The Bertz CT molecular complexity index is 971. The highest BCUT2D eigenvalue weighted by molar-refractivity contribution is 6.04. The normalized spacial score (nSPS) is 18.9. The van der Waals surface area contributed by atoms with Crippen LogP contribution in [0.3, 0.4) is 0 Å². The molecular formula is C22H27N5O3. The zero-order valence-electron chi connectivity index (χ0n) is 17.6. The van der Waals surface area contributed by atoms with E-state index in [-0.39, 0.29) is 36.4 Å². The van der Waals surface area contributed by atoms with Crippen LogP contribution in [0, 0.1) is 0 Å². The van der Waals surface area contributed by atoms with Crippen molar-refractivity contribution in [3.8, 4) is 5.69 Å². The van der Waals surface area contributed by atoms with E-state index in [1.165, 1.54) is 5.56 Å². The van der Waals surface area contributed by atoms with Gasteiger partial charge in [0.1, 0.15) is 6.54 Å². The van der Waals surface area contributed by atoms with Gasteiger partial charge >= 0.3 is 6.03 Å². The predicted molar refractivity (Wildman–Crippen MR) is 111 cm³/mol. The van der Waals surface area contributed by atoms with Crippen LogP contribution in [0.5, 0.6) is 0 Å². The highest BCUT2D eigenvalue weighted by Crippen LogP contribution is 2.31. The summed E-state index contributed by atoms with van der Waals surface area (Å²) in [5, 5.41) is 9.98. The first-order valence-corrected chi connectivity index (χ1v) is 10.3. The largest absolute Gasteiger partial charge is 0.348 e. The average Bonchev–Trinajstić information content (AvgIpc) is 3.27. The van der Waals surface area contributed by atoms with Crippen LogP contribution >= 0.6 is 0 Å². The molecule has 2 heterocycles. The molecule has 1 atom stereocenters. The lowest BCUT2D eigenvalue weighted by Crippen LogP contribution is -2.42. The second-order valence-electron chi connectivity index (χ2n) is 8.91. The highest BCUT2D eigenvalue weighted by Gasteiger charge is 2.32. The lowest BCUT2D eigenvalue weighted by molar-refractivity contribution is -0.131. The van der Waals surface area contributed by atoms with Crippen molar-refractivity contribution < 1.29 is 14.4 Å². The summed E-state index contributed by atoms with van der Waals surface area (Å²) in [6.45, 7) is 6.23. The minimum atomic E-state index is -0.522.